The lowest BCUT2D eigenvalue weighted by Gasteiger charge is -2.16. The van der Waals surface area contributed by atoms with Crippen molar-refractivity contribution in [3.05, 3.63) is 29.8 Å². The van der Waals surface area contributed by atoms with E-state index in [-0.39, 0.29) is 0 Å². The molecule has 3 heteroatoms. The first kappa shape index (κ1) is 9.49. The number of rotatable bonds is 3. The van der Waals surface area contributed by atoms with Crippen molar-refractivity contribution in [2.75, 3.05) is 13.2 Å². The fourth-order valence-corrected chi connectivity index (χ4v) is 1.71. The van der Waals surface area contributed by atoms with Gasteiger partial charge in [-0.3, -0.25) is 0 Å². The van der Waals surface area contributed by atoms with Gasteiger partial charge in [0, 0.05) is 18.2 Å². The molecule has 1 aromatic carbocycles. The van der Waals surface area contributed by atoms with E-state index in [4.69, 9.17) is 10.5 Å². The number of hydrogen-bond donors (Lipinski definition) is 2. The van der Waals surface area contributed by atoms with Crippen LogP contribution in [0.5, 0.6) is 5.75 Å². The maximum Gasteiger partial charge on any atom is 0.124 e. The fourth-order valence-electron chi connectivity index (χ4n) is 1.71. The van der Waals surface area contributed by atoms with Gasteiger partial charge in [0.1, 0.15) is 12.4 Å². The van der Waals surface area contributed by atoms with Gasteiger partial charge < -0.3 is 15.8 Å². The van der Waals surface area contributed by atoms with Crippen LogP contribution in [0.2, 0.25) is 0 Å². The molecule has 0 saturated carbocycles. The van der Waals surface area contributed by atoms with Crippen LogP contribution in [-0.4, -0.2) is 19.2 Å². The molecule has 76 valence electrons. The Hall–Kier alpha value is -1.06. The van der Waals surface area contributed by atoms with Crippen LogP contribution < -0.4 is 15.8 Å². The zero-order valence-corrected chi connectivity index (χ0v) is 8.36. The third kappa shape index (κ3) is 1.74. The van der Waals surface area contributed by atoms with Gasteiger partial charge in [-0.25, -0.2) is 0 Å². The SMILES string of the molecule is CC(CN)NC1COc2ccccc21. The number of nitrogens with two attached hydrogens (primary N) is 1. The van der Waals surface area contributed by atoms with Crippen molar-refractivity contribution in [3.63, 3.8) is 0 Å². The molecule has 0 spiro atoms. The van der Waals surface area contributed by atoms with Gasteiger partial charge in [0.05, 0.1) is 6.04 Å². The second kappa shape index (κ2) is 3.98. The Labute approximate surface area is 84.3 Å². The van der Waals surface area contributed by atoms with E-state index < -0.39 is 0 Å². The predicted molar refractivity (Wildman–Crippen MR) is 56.3 cm³/mol. The number of benzene rings is 1. The smallest absolute Gasteiger partial charge is 0.124 e. The van der Waals surface area contributed by atoms with Crippen molar-refractivity contribution >= 4 is 0 Å². The molecule has 0 fully saturated rings. The van der Waals surface area contributed by atoms with Crippen LogP contribution in [0.25, 0.3) is 0 Å². The molecule has 0 radical (unpaired) electrons. The zero-order chi connectivity index (χ0) is 9.97. The van der Waals surface area contributed by atoms with Crippen molar-refractivity contribution in [2.24, 2.45) is 5.73 Å². The normalized spacial score (nSPS) is 21.4. The highest BCUT2D eigenvalue weighted by atomic mass is 16.5. The van der Waals surface area contributed by atoms with Crippen LogP contribution in [0, 0.1) is 0 Å². The summed E-state index contributed by atoms with van der Waals surface area (Å²) < 4.78 is 5.55. The van der Waals surface area contributed by atoms with E-state index in [2.05, 4.69) is 18.3 Å². The molecule has 1 heterocycles. The van der Waals surface area contributed by atoms with Gasteiger partial charge in [-0.1, -0.05) is 18.2 Å². The number of para-hydroxylation sites is 1. The Kier molecular flexibility index (Phi) is 2.70. The first-order valence-electron chi connectivity index (χ1n) is 4.99. The molecule has 1 aliphatic heterocycles. The first-order chi connectivity index (χ1) is 6.81. The summed E-state index contributed by atoms with van der Waals surface area (Å²) in [5.74, 6) is 0.995. The molecular formula is C11H16N2O. The fraction of sp³-hybridized carbons (Fsp3) is 0.455. The van der Waals surface area contributed by atoms with Crippen LogP contribution in [0.1, 0.15) is 18.5 Å². The third-order valence-electron chi connectivity index (χ3n) is 2.54. The van der Waals surface area contributed by atoms with Gasteiger partial charge in [-0.15, -0.1) is 0 Å². The van der Waals surface area contributed by atoms with E-state index >= 15 is 0 Å². The summed E-state index contributed by atoms with van der Waals surface area (Å²) in [5.41, 5.74) is 6.81. The Balaban J connectivity index is 2.10. The van der Waals surface area contributed by atoms with Gasteiger partial charge in [0.25, 0.3) is 0 Å². The van der Waals surface area contributed by atoms with Crippen LogP contribution >= 0.6 is 0 Å². The number of nitrogens with one attached hydrogen (secondary N) is 1. The minimum atomic E-state index is 0.296. The summed E-state index contributed by atoms with van der Waals surface area (Å²) in [7, 11) is 0. The quantitative estimate of drug-likeness (QED) is 0.752. The van der Waals surface area contributed by atoms with Gasteiger partial charge in [0.2, 0.25) is 0 Å². The van der Waals surface area contributed by atoms with Gasteiger partial charge in [0.15, 0.2) is 0 Å². The molecule has 2 unspecified atom stereocenters. The minimum Gasteiger partial charge on any atom is -0.491 e. The molecule has 1 aliphatic rings. The van der Waals surface area contributed by atoms with Crippen molar-refractivity contribution in [1.82, 2.24) is 5.32 Å². The van der Waals surface area contributed by atoms with Crippen molar-refractivity contribution < 1.29 is 4.74 Å². The topological polar surface area (TPSA) is 47.3 Å². The monoisotopic (exact) mass is 192 g/mol. The van der Waals surface area contributed by atoms with E-state index in [1.165, 1.54) is 5.56 Å². The molecule has 0 bridgehead atoms. The largest absolute Gasteiger partial charge is 0.491 e. The van der Waals surface area contributed by atoms with E-state index in [1.54, 1.807) is 0 Å². The van der Waals surface area contributed by atoms with Crippen LogP contribution in [0.15, 0.2) is 24.3 Å². The highest BCUT2D eigenvalue weighted by molar-refractivity contribution is 5.39. The molecule has 3 nitrogen and oxygen atoms in total. The second-order valence-electron chi connectivity index (χ2n) is 3.70. The van der Waals surface area contributed by atoms with Gasteiger partial charge >= 0.3 is 0 Å². The Bertz CT molecular complexity index is 314. The molecule has 1 aromatic rings. The van der Waals surface area contributed by atoms with Gasteiger partial charge in [-0.2, -0.15) is 0 Å². The summed E-state index contributed by atoms with van der Waals surface area (Å²) in [5, 5.41) is 3.43. The first-order valence-corrected chi connectivity index (χ1v) is 4.99. The summed E-state index contributed by atoms with van der Waals surface area (Å²) >= 11 is 0. The third-order valence-corrected chi connectivity index (χ3v) is 2.54. The van der Waals surface area contributed by atoms with Crippen molar-refractivity contribution in [3.8, 4) is 5.75 Å². The summed E-state index contributed by atoms with van der Waals surface area (Å²) in [6.07, 6.45) is 0. The van der Waals surface area contributed by atoms with Crippen LogP contribution in [-0.2, 0) is 0 Å². The average Bonchev–Trinajstić information content (AvgIpc) is 2.62. The number of hydrogen-bond acceptors (Lipinski definition) is 3. The maximum absolute atomic E-state index is 5.57. The molecule has 14 heavy (non-hydrogen) atoms. The summed E-state index contributed by atoms with van der Waals surface area (Å²) in [4.78, 5) is 0. The predicted octanol–water partition coefficient (Wildman–Crippen LogP) is 1.06. The lowest BCUT2D eigenvalue weighted by molar-refractivity contribution is 0.301. The van der Waals surface area contributed by atoms with Crippen LogP contribution in [0.4, 0.5) is 0 Å². The van der Waals surface area contributed by atoms with Crippen molar-refractivity contribution in [2.45, 2.75) is 19.0 Å². The lowest BCUT2D eigenvalue weighted by atomic mass is 10.1. The standard InChI is InChI=1S/C11H16N2O/c1-8(6-12)13-10-7-14-11-5-3-2-4-9(10)11/h2-5,8,10,13H,6-7,12H2,1H3. The van der Waals surface area contributed by atoms with E-state index in [0.717, 1.165) is 5.75 Å². The van der Waals surface area contributed by atoms with Gasteiger partial charge in [-0.05, 0) is 13.0 Å². The van der Waals surface area contributed by atoms with Crippen molar-refractivity contribution in [1.29, 1.82) is 0 Å². The summed E-state index contributed by atoms with van der Waals surface area (Å²) in [6, 6.07) is 8.76. The number of ether oxygens (including phenoxy) is 1. The van der Waals surface area contributed by atoms with Crippen LogP contribution in [0.3, 0.4) is 0 Å². The minimum absolute atomic E-state index is 0.296. The Morgan fingerprint density at radius 3 is 3.14 bits per heavy atom. The van der Waals surface area contributed by atoms with E-state index in [1.807, 2.05) is 18.2 Å². The average molecular weight is 192 g/mol. The summed E-state index contributed by atoms with van der Waals surface area (Å²) in [6.45, 7) is 3.45. The molecule has 0 amide bonds. The van der Waals surface area contributed by atoms with E-state index in [0.29, 0.717) is 25.2 Å². The molecular weight excluding hydrogens is 176 g/mol. The number of fused-ring (bicyclic) bond motifs is 1. The second-order valence-corrected chi connectivity index (χ2v) is 3.70. The highest BCUT2D eigenvalue weighted by Crippen LogP contribution is 2.31. The highest BCUT2D eigenvalue weighted by Gasteiger charge is 2.23. The molecule has 0 saturated heterocycles. The Morgan fingerprint density at radius 2 is 2.36 bits per heavy atom. The molecule has 0 aromatic heterocycles. The maximum atomic E-state index is 5.57. The Morgan fingerprint density at radius 1 is 1.57 bits per heavy atom. The van der Waals surface area contributed by atoms with E-state index in [9.17, 15) is 0 Å². The molecule has 2 atom stereocenters. The molecule has 2 rings (SSSR count). The molecule has 0 aliphatic carbocycles. The lowest BCUT2D eigenvalue weighted by Crippen LogP contribution is -2.36. The zero-order valence-electron chi connectivity index (χ0n) is 8.36. The molecule has 3 N–H and O–H groups in total.